The number of amides is 2. The molecule has 0 aliphatic carbocycles. The predicted molar refractivity (Wildman–Crippen MR) is 126 cm³/mol. The SMILES string of the molecule is Cc1ccc(CN(C(=O)NCc2ccc(OCC(C)C)cc2)C2CCN(C)CC2)cc1. The Morgan fingerprint density at radius 3 is 2.29 bits per heavy atom. The molecule has 5 nitrogen and oxygen atoms in total. The Kier molecular flexibility index (Phi) is 8.35. The Bertz CT molecular complexity index is 810. The number of carbonyl (C=O) groups is 1. The van der Waals surface area contributed by atoms with Gasteiger partial charge in [-0.1, -0.05) is 55.8 Å². The van der Waals surface area contributed by atoms with Gasteiger partial charge >= 0.3 is 6.03 Å². The summed E-state index contributed by atoms with van der Waals surface area (Å²) in [7, 11) is 2.15. The molecule has 1 fully saturated rings. The Balaban J connectivity index is 1.61. The normalized spacial score (nSPS) is 15.1. The minimum atomic E-state index is 0.00950. The fourth-order valence-corrected chi connectivity index (χ4v) is 3.81. The van der Waals surface area contributed by atoms with Gasteiger partial charge in [0.15, 0.2) is 0 Å². The molecule has 3 rings (SSSR count). The van der Waals surface area contributed by atoms with Crippen molar-refractivity contribution in [3.63, 3.8) is 0 Å². The third kappa shape index (κ3) is 7.28. The third-order valence-corrected chi connectivity index (χ3v) is 5.81. The largest absolute Gasteiger partial charge is 0.493 e. The second-order valence-corrected chi connectivity index (χ2v) is 9.16. The first-order valence-electron chi connectivity index (χ1n) is 11.4. The lowest BCUT2D eigenvalue weighted by Crippen LogP contribution is -2.49. The average molecular weight is 424 g/mol. The van der Waals surface area contributed by atoms with E-state index in [1.165, 1.54) is 11.1 Å². The van der Waals surface area contributed by atoms with Crippen LogP contribution in [-0.4, -0.2) is 48.6 Å². The molecule has 2 aromatic rings. The number of nitrogens with zero attached hydrogens (tertiary/aromatic N) is 2. The maximum Gasteiger partial charge on any atom is 0.318 e. The van der Waals surface area contributed by atoms with Crippen LogP contribution >= 0.6 is 0 Å². The minimum Gasteiger partial charge on any atom is -0.493 e. The quantitative estimate of drug-likeness (QED) is 0.661. The number of hydrogen-bond donors (Lipinski definition) is 1. The smallest absolute Gasteiger partial charge is 0.318 e. The Morgan fingerprint density at radius 2 is 1.68 bits per heavy atom. The maximum atomic E-state index is 13.2. The van der Waals surface area contributed by atoms with Gasteiger partial charge in [0.05, 0.1) is 6.61 Å². The van der Waals surface area contributed by atoms with Gasteiger partial charge in [-0.3, -0.25) is 0 Å². The fourth-order valence-electron chi connectivity index (χ4n) is 3.81. The van der Waals surface area contributed by atoms with Crippen molar-refractivity contribution in [2.24, 2.45) is 5.92 Å². The zero-order valence-corrected chi connectivity index (χ0v) is 19.4. The fraction of sp³-hybridized carbons (Fsp3) is 0.500. The van der Waals surface area contributed by atoms with Gasteiger partial charge < -0.3 is 19.9 Å². The zero-order valence-electron chi connectivity index (χ0n) is 19.4. The van der Waals surface area contributed by atoms with Crippen LogP contribution in [0, 0.1) is 12.8 Å². The first-order valence-corrected chi connectivity index (χ1v) is 11.4. The molecule has 0 atom stereocenters. The molecule has 0 bridgehead atoms. The van der Waals surface area contributed by atoms with Crippen molar-refractivity contribution in [2.45, 2.75) is 52.7 Å². The number of carbonyl (C=O) groups excluding carboxylic acids is 1. The van der Waals surface area contributed by atoms with Crippen LogP contribution in [0.2, 0.25) is 0 Å². The van der Waals surface area contributed by atoms with E-state index in [9.17, 15) is 4.79 Å². The maximum absolute atomic E-state index is 13.2. The van der Waals surface area contributed by atoms with Crippen molar-refractivity contribution < 1.29 is 9.53 Å². The highest BCUT2D eigenvalue weighted by atomic mass is 16.5. The zero-order chi connectivity index (χ0) is 22.2. The van der Waals surface area contributed by atoms with Gasteiger partial charge in [0, 0.05) is 19.1 Å². The lowest BCUT2D eigenvalue weighted by molar-refractivity contribution is 0.127. The molecule has 31 heavy (non-hydrogen) atoms. The summed E-state index contributed by atoms with van der Waals surface area (Å²) in [5.74, 6) is 1.37. The minimum absolute atomic E-state index is 0.00950. The highest BCUT2D eigenvalue weighted by Gasteiger charge is 2.27. The van der Waals surface area contributed by atoms with Gasteiger partial charge in [-0.05, 0) is 69.1 Å². The molecular formula is C26H37N3O2. The summed E-state index contributed by atoms with van der Waals surface area (Å²) in [6, 6.07) is 16.8. The predicted octanol–water partition coefficient (Wildman–Crippen LogP) is 4.84. The molecule has 1 N–H and O–H groups in total. The number of hydrogen-bond acceptors (Lipinski definition) is 3. The van der Waals surface area contributed by atoms with Crippen LogP contribution in [0.4, 0.5) is 4.79 Å². The molecule has 0 spiro atoms. The number of nitrogens with one attached hydrogen (secondary N) is 1. The van der Waals surface area contributed by atoms with E-state index in [1.54, 1.807) is 0 Å². The van der Waals surface area contributed by atoms with Gasteiger partial charge in [-0.15, -0.1) is 0 Å². The molecule has 1 heterocycles. The lowest BCUT2D eigenvalue weighted by atomic mass is 10.0. The number of rotatable bonds is 8. The van der Waals surface area contributed by atoms with Gasteiger partial charge in [-0.25, -0.2) is 4.79 Å². The standard InChI is InChI=1S/C26H37N3O2/c1-20(2)19-31-25-11-9-22(10-12-25)17-27-26(30)29(24-13-15-28(4)16-14-24)18-23-7-5-21(3)6-8-23/h5-12,20,24H,13-19H2,1-4H3,(H,27,30). The van der Waals surface area contributed by atoms with Crippen LogP contribution in [0.1, 0.15) is 43.4 Å². The van der Waals surface area contributed by atoms with E-state index in [2.05, 4.69) is 62.3 Å². The summed E-state index contributed by atoms with van der Waals surface area (Å²) in [4.78, 5) is 17.5. The van der Waals surface area contributed by atoms with Crippen molar-refractivity contribution in [3.8, 4) is 5.75 Å². The van der Waals surface area contributed by atoms with Crippen LogP contribution in [0.15, 0.2) is 48.5 Å². The Morgan fingerprint density at radius 1 is 1.06 bits per heavy atom. The first-order chi connectivity index (χ1) is 14.9. The first kappa shape index (κ1) is 23.1. The van der Waals surface area contributed by atoms with Crippen LogP contribution in [0.5, 0.6) is 5.75 Å². The van der Waals surface area contributed by atoms with E-state index in [4.69, 9.17) is 4.74 Å². The number of piperidine rings is 1. The van der Waals surface area contributed by atoms with Crippen LogP contribution in [-0.2, 0) is 13.1 Å². The number of likely N-dealkylation sites (tertiary alicyclic amines) is 1. The van der Waals surface area contributed by atoms with E-state index in [1.807, 2.05) is 29.2 Å². The van der Waals surface area contributed by atoms with Crippen molar-refractivity contribution in [1.82, 2.24) is 15.1 Å². The monoisotopic (exact) mass is 423 g/mol. The van der Waals surface area contributed by atoms with Gasteiger partial charge in [0.1, 0.15) is 5.75 Å². The van der Waals surface area contributed by atoms with Crippen molar-refractivity contribution in [1.29, 1.82) is 0 Å². The molecule has 0 aromatic heterocycles. The summed E-state index contributed by atoms with van der Waals surface area (Å²) < 4.78 is 5.75. The van der Waals surface area contributed by atoms with Crippen LogP contribution in [0.3, 0.4) is 0 Å². The highest BCUT2D eigenvalue weighted by molar-refractivity contribution is 5.74. The summed E-state index contributed by atoms with van der Waals surface area (Å²) in [6.45, 7) is 10.3. The summed E-state index contributed by atoms with van der Waals surface area (Å²) in [5, 5.41) is 3.14. The molecule has 168 valence electrons. The molecule has 2 amide bonds. The second kappa shape index (κ2) is 11.2. The molecule has 1 aliphatic rings. The molecule has 1 aliphatic heterocycles. The van der Waals surface area contributed by atoms with Crippen LogP contribution in [0.25, 0.3) is 0 Å². The third-order valence-electron chi connectivity index (χ3n) is 5.81. The van der Waals surface area contributed by atoms with E-state index in [-0.39, 0.29) is 12.1 Å². The van der Waals surface area contributed by atoms with E-state index in [0.29, 0.717) is 25.6 Å². The highest BCUT2D eigenvalue weighted by Crippen LogP contribution is 2.19. The Hall–Kier alpha value is -2.53. The number of ether oxygens (including phenoxy) is 1. The number of benzene rings is 2. The molecule has 0 unspecified atom stereocenters. The molecule has 1 saturated heterocycles. The summed E-state index contributed by atoms with van der Waals surface area (Å²) >= 11 is 0. The number of aryl methyl sites for hydroxylation is 1. The average Bonchev–Trinajstić information content (AvgIpc) is 2.77. The van der Waals surface area contributed by atoms with E-state index in [0.717, 1.165) is 37.2 Å². The van der Waals surface area contributed by atoms with Gasteiger partial charge in [0.25, 0.3) is 0 Å². The molecule has 2 aromatic carbocycles. The van der Waals surface area contributed by atoms with Crippen molar-refractivity contribution >= 4 is 6.03 Å². The van der Waals surface area contributed by atoms with Gasteiger partial charge in [-0.2, -0.15) is 0 Å². The molecule has 0 saturated carbocycles. The molecule has 5 heteroatoms. The molecule has 0 radical (unpaired) electrons. The second-order valence-electron chi connectivity index (χ2n) is 9.16. The van der Waals surface area contributed by atoms with Gasteiger partial charge in [0.2, 0.25) is 0 Å². The topological polar surface area (TPSA) is 44.8 Å². The molecular weight excluding hydrogens is 386 g/mol. The Labute approximate surface area is 187 Å². The number of urea groups is 1. The van der Waals surface area contributed by atoms with Crippen molar-refractivity contribution in [2.75, 3.05) is 26.7 Å². The van der Waals surface area contributed by atoms with E-state index >= 15 is 0 Å². The summed E-state index contributed by atoms with van der Waals surface area (Å²) in [6.07, 6.45) is 2.02. The van der Waals surface area contributed by atoms with E-state index < -0.39 is 0 Å². The van der Waals surface area contributed by atoms with Crippen LogP contribution < -0.4 is 10.1 Å². The lowest BCUT2D eigenvalue weighted by Gasteiger charge is -2.37. The van der Waals surface area contributed by atoms with Crippen molar-refractivity contribution in [3.05, 3.63) is 65.2 Å². The summed E-state index contributed by atoms with van der Waals surface area (Å²) in [5.41, 5.74) is 3.48.